The quantitative estimate of drug-likeness (QED) is 0.475. The molecular formula is C17H17NO2. The van der Waals surface area contributed by atoms with Gasteiger partial charge in [0.25, 0.3) is 0 Å². The summed E-state index contributed by atoms with van der Waals surface area (Å²) in [4.78, 5) is 25.6. The van der Waals surface area contributed by atoms with Crippen molar-refractivity contribution in [1.29, 1.82) is 0 Å². The van der Waals surface area contributed by atoms with E-state index in [1.807, 2.05) is 49.3 Å². The number of hydrogen-bond acceptors (Lipinski definition) is 3. The van der Waals surface area contributed by atoms with E-state index >= 15 is 0 Å². The van der Waals surface area contributed by atoms with Crippen LogP contribution in [0.3, 0.4) is 0 Å². The summed E-state index contributed by atoms with van der Waals surface area (Å²) >= 11 is 0. The Morgan fingerprint density at radius 3 is 2.10 bits per heavy atom. The van der Waals surface area contributed by atoms with Crippen LogP contribution in [0.4, 0.5) is 5.69 Å². The number of aldehydes is 1. The van der Waals surface area contributed by atoms with Gasteiger partial charge in [-0.1, -0.05) is 42.5 Å². The van der Waals surface area contributed by atoms with Gasteiger partial charge in [0.2, 0.25) is 0 Å². The second-order valence-corrected chi connectivity index (χ2v) is 4.83. The van der Waals surface area contributed by atoms with Crippen LogP contribution in [0.1, 0.15) is 21.8 Å². The third-order valence-electron chi connectivity index (χ3n) is 3.25. The Balaban J connectivity index is 2.28. The Kier molecular flexibility index (Phi) is 4.31. The van der Waals surface area contributed by atoms with E-state index in [-0.39, 0.29) is 5.78 Å². The van der Waals surface area contributed by atoms with Gasteiger partial charge in [-0.3, -0.25) is 4.79 Å². The second kappa shape index (κ2) is 6.15. The van der Waals surface area contributed by atoms with Crippen molar-refractivity contribution < 1.29 is 9.59 Å². The lowest BCUT2D eigenvalue weighted by Crippen LogP contribution is -2.15. The van der Waals surface area contributed by atoms with E-state index in [4.69, 9.17) is 0 Å². The van der Waals surface area contributed by atoms with E-state index in [0.29, 0.717) is 11.8 Å². The molecule has 0 bridgehead atoms. The van der Waals surface area contributed by atoms with Gasteiger partial charge >= 0.3 is 0 Å². The molecule has 3 heteroatoms. The molecule has 0 spiro atoms. The van der Waals surface area contributed by atoms with Crippen LogP contribution in [0, 0.1) is 0 Å². The molecule has 0 aromatic heterocycles. The van der Waals surface area contributed by atoms with Gasteiger partial charge < -0.3 is 9.69 Å². The number of nitrogens with zero attached hydrogens (tertiary/aromatic N) is 1. The van der Waals surface area contributed by atoms with Crippen molar-refractivity contribution in [3.8, 4) is 0 Å². The molecule has 1 atom stereocenters. The molecule has 0 saturated heterocycles. The number of anilines is 1. The Bertz CT molecular complexity index is 588. The predicted octanol–water partition coefficient (Wildman–Crippen LogP) is 2.92. The van der Waals surface area contributed by atoms with Crippen LogP contribution < -0.4 is 4.90 Å². The third kappa shape index (κ3) is 2.94. The molecule has 0 amide bonds. The molecule has 0 aliphatic carbocycles. The van der Waals surface area contributed by atoms with Crippen molar-refractivity contribution in [2.45, 2.75) is 5.92 Å². The topological polar surface area (TPSA) is 37.4 Å². The van der Waals surface area contributed by atoms with Crippen LogP contribution in [-0.2, 0) is 4.79 Å². The normalized spacial score (nSPS) is 11.7. The number of hydrogen-bond donors (Lipinski definition) is 0. The van der Waals surface area contributed by atoms with E-state index in [2.05, 4.69) is 0 Å². The van der Waals surface area contributed by atoms with E-state index in [1.54, 1.807) is 24.3 Å². The minimum atomic E-state index is -0.742. The number of carbonyl (C=O) groups excluding carboxylic acids is 2. The SMILES string of the molecule is CN(C)c1ccc(C(C=O)C(=O)c2ccccc2)cc1. The summed E-state index contributed by atoms with van der Waals surface area (Å²) in [6.07, 6.45) is 0.708. The highest BCUT2D eigenvalue weighted by Gasteiger charge is 2.21. The lowest BCUT2D eigenvalue weighted by Gasteiger charge is -2.14. The number of rotatable bonds is 5. The minimum absolute atomic E-state index is 0.168. The summed E-state index contributed by atoms with van der Waals surface area (Å²) in [5.74, 6) is -0.910. The van der Waals surface area contributed by atoms with Crippen LogP contribution in [0.15, 0.2) is 54.6 Å². The highest BCUT2D eigenvalue weighted by atomic mass is 16.1. The first-order valence-corrected chi connectivity index (χ1v) is 6.45. The van der Waals surface area contributed by atoms with Crippen molar-refractivity contribution in [3.63, 3.8) is 0 Å². The highest BCUT2D eigenvalue weighted by molar-refractivity contribution is 6.09. The molecule has 0 fully saturated rings. The summed E-state index contributed by atoms with van der Waals surface area (Å²) in [6.45, 7) is 0. The van der Waals surface area contributed by atoms with Crippen LogP contribution in [-0.4, -0.2) is 26.2 Å². The van der Waals surface area contributed by atoms with Gasteiger partial charge in [-0.05, 0) is 17.7 Å². The number of Topliss-reactive ketones (excluding diaryl/α,β-unsaturated/α-hetero) is 1. The molecule has 0 N–H and O–H groups in total. The van der Waals surface area contributed by atoms with Gasteiger partial charge in [0.1, 0.15) is 12.2 Å². The largest absolute Gasteiger partial charge is 0.378 e. The lowest BCUT2D eigenvalue weighted by molar-refractivity contribution is -0.108. The number of carbonyl (C=O) groups is 2. The van der Waals surface area contributed by atoms with Crippen molar-refractivity contribution >= 4 is 17.8 Å². The molecule has 0 radical (unpaired) electrons. The Labute approximate surface area is 118 Å². The molecule has 1 unspecified atom stereocenters. The van der Waals surface area contributed by atoms with Gasteiger partial charge in [0.05, 0.1) is 0 Å². The molecule has 2 aromatic carbocycles. The Hall–Kier alpha value is -2.42. The maximum Gasteiger partial charge on any atom is 0.177 e. The van der Waals surface area contributed by atoms with Crippen molar-refractivity contribution in [3.05, 3.63) is 65.7 Å². The summed E-state index contributed by atoms with van der Waals surface area (Å²) in [5.41, 5.74) is 2.31. The first kappa shape index (κ1) is 14.0. The fraction of sp³-hybridized carbons (Fsp3) is 0.176. The molecule has 0 aliphatic heterocycles. The third-order valence-corrected chi connectivity index (χ3v) is 3.25. The highest BCUT2D eigenvalue weighted by Crippen LogP contribution is 2.22. The van der Waals surface area contributed by atoms with E-state index in [0.717, 1.165) is 11.3 Å². The standard InChI is InChI=1S/C17H17NO2/c1-18(2)15-10-8-13(9-11-15)16(12-19)17(20)14-6-4-3-5-7-14/h3-12,16H,1-2H3. The van der Waals surface area contributed by atoms with E-state index in [1.165, 1.54) is 0 Å². The van der Waals surface area contributed by atoms with Gasteiger partial charge in [-0.25, -0.2) is 0 Å². The van der Waals surface area contributed by atoms with Crippen molar-refractivity contribution in [2.24, 2.45) is 0 Å². The summed E-state index contributed by atoms with van der Waals surface area (Å²) in [7, 11) is 3.89. The summed E-state index contributed by atoms with van der Waals surface area (Å²) in [6, 6.07) is 16.4. The minimum Gasteiger partial charge on any atom is -0.378 e. The Morgan fingerprint density at radius 2 is 1.60 bits per heavy atom. The van der Waals surface area contributed by atoms with Gasteiger partial charge in [0.15, 0.2) is 5.78 Å². The summed E-state index contributed by atoms with van der Waals surface area (Å²) in [5, 5.41) is 0. The van der Waals surface area contributed by atoms with Crippen LogP contribution >= 0.6 is 0 Å². The molecule has 0 aliphatic rings. The van der Waals surface area contributed by atoms with Crippen molar-refractivity contribution in [1.82, 2.24) is 0 Å². The first-order chi connectivity index (χ1) is 9.63. The molecule has 0 heterocycles. The first-order valence-electron chi connectivity index (χ1n) is 6.45. The molecule has 2 aromatic rings. The molecule has 0 saturated carbocycles. The average molecular weight is 267 g/mol. The number of ketones is 1. The zero-order valence-electron chi connectivity index (χ0n) is 11.6. The maximum absolute atomic E-state index is 12.4. The van der Waals surface area contributed by atoms with Gasteiger partial charge in [0, 0.05) is 25.3 Å². The van der Waals surface area contributed by atoms with Crippen molar-refractivity contribution in [2.75, 3.05) is 19.0 Å². The molecule has 20 heavy (non-hydrogen) atoms. The van der Waals surface area contributed by atoms with Gasteiger partial charge in [-0.2, -0.15) is 0 Å². The van der Waals surface area contributed by atoms with Crippen LogP contribution in [0.5, 0.6) is 0 Å². The average Bonchev–Trinajstić information content (AvgIpc) is 2.49. The fourth-order valence-electron chi connectivity index (χ4n) is 2.05. The number of benzene rings is 2. The summed E-state index contributed by atoms with van der Waals surface area (Å²) < 4.78 is 0. The smallest absolute Gasteiger partial charge is 0.177 e. The lowest BCUT2D eigenvalue weighted by atomic mass is 9.92. The zero-order valence-corrected chi connectivity index (χ0v) is 11.6. The van der Waals surface area contributed by atoms with E-state index < -0.39 is 5.92 Å². The second-order valence-electron chi connectivity index (χ2n) is 4.83. The molecule has 3 nitrogen and oxygen atoms in total. The molecule has 102 valence electrons. The van der Waals surface area contributed by atoms with Crippen LogP contribution in [0.25, 0.3) is 0 Å². The predicted molar refractivity (Wildman–Crippen MR) is 80.3 cm³/mol. The molecular weight excluding hydrogens is 250 g/mol. The zero-order chi connectivity index (χ0) is 14.5. The van der Waals surface area contributed by atoms with Gasteiger partial charge in [-0.15, -0.1) is 0 Å². The fourth-order valence-corrected chi connectivity index (χ4v) is 2.05. The van der Waals surface area contributed by atoms with E-state index in [9.17, 15) is 9.59 Å². The Morgan fingerprint density at radius 1 is 1.00 bits per heavy atom. The van der Waals surface area contributed by atoms with Crippen LogP contribution in [0.2, 0.25) is 0 Å². The maximum atomic E-state index is 12.4. The monoisotopic (exact) mass is 267 g/mol. The molecule has 2 rings (SSSR count).